The van der Waals surface area contributed by atoms with Crippen LogP contribution in [0.2, 0.25) is 0 Å². The monoisotopic (exact) mass is 310 g/mol. The van der Waals surface area contributed by atoms with Gasteiger partial charge in [0, 0.05) is 6.54 Å². The number of nitrogens with one attached hydrogen (secondary N) is 1. The molecule has 0 bridgehead atoms. The minimum atomic E-state index is -0.387. The van der Waals surface area contributed by atoms with Crippen LogP contribution in [0.25, 0.3) is 10.2 Å². The summed E-state index contributed by atoms with van der Waals surface area (Å²) in [5, 5.41) is 11.8. The molecule has 1 amide bonds. The molecule has 1 aromatic heterocycles. The number of rotatable bonds is 6. The summed E-state index contributed by atoms with van der Waals surface area (Å²) in [6.45, 7) is 4.08. The van der Waals surface area contributed by atoms with Gasteiger partial charge in [-0.1, -0.05) is 23.9 Å². The number of aromatic nitrogens is 1. The zero-order valence-electron chi connectivity index (χ0n) is 11.5. The molecule has 0 saturated heterocycles. The second-order valence-electron chi connectivity index (χ2n) is 4.64. The first kappa shape index (κ1) is 15.3. The van der Waals surface area contributed by atoms with E-state index in [2.05, 4.69) is 10.3 Å². The molecule has 1 aromatic carbocycles. The Hall–Kier alpha value is -1.11. The summed E-state index contributed by atoms with van der Waals surface area (Å²) < 4.78 is 2.04. The van der Waals surface area contributed by atoms with Gasteiger partial charge in [0.15, 0.2) is 4.34 Å². The number of aliphatic hydroxyl groups excluding tert-OH is 1. The van der Waals surface area contributed by atoms with Gasteiger partial charge in [-0.05, 0) is 32.4 Å². The number of carbonyl (C=O) groups excluding carboxylic acids is 1. The number of fused-ring (bicyclic) bond motifs is 1. The van der Waals surface area contributed by atoms with E-state index in [1.165, 1.54) is 11.8 Å². The minimum Gasteiger partial charge on any atom is -0.393 e. The van der Waals surface area contributed by atoms with Gasteiger partial charge in [-0.3, -0.25) is 4.79 Å². The normalized spacial score (nSPS) is 14.2. The standard InChI is InChI=1S/C14H18N2O2S2/c1-9(17)7-8-15-13(18)10(2)19-14-16-11-5-3-4-6-12(11)20-14/h3-6,9-10,17H,7-8H2,1-2H3,(H,15,18). The van der Waals surface area contributed by atoms with Crippen LogP contribution in [0, 0.1) is 0 Å². The summed E-state index contributed by atoms with van der Waals surface area (Å²) in [7, 11) is 0. The second kappa shape index (κ2) is 7.06. The zero-order chi connectivity index (χ0) is 14.5. The van der Waals surface area contributed by atoms with E-state index in [-0.39, 0.29) is 17.3 Å². The number of aliphatic hydroxyl groups is 1. The number of para-hydroxylation sites is 1. The Labute approximate surface area is 126 Å². The van der Waals surface area contributed by atoms with Gasteiger partial charge >= 0.3 is 0 Å². The Kier molecular flexibility index (Phi) is 5.39. The quantitative estimate of drug-likeness (QED) is 0.805. The fourth-order valence-electron chi connectivity index (χ4n) is 1.65. The summed E-state index contributed by atoms with van der Waals surface area (Å²) in [4.78, 5) is 16.4. The fraction of sp³-hybridized carbons (Fsp3) is 0.429. The lowest BCUT2D eigenvalue weighted by Gasteiger charge is -2.11. The Morgan fingerprint density at radius 3 is 2.90 bits per heavy atom. The summed E-state index contributed by atoms with van der Waals surface area (Å²) in [5.74, 6) is -0.0186. The van der Waals surface area contributed by atoms with Gasteiger partial charge in [0.2, 0.25) is 5.91 Å². The molecule has 0 aliphatic carbocycles. The molecule has 0 aliphatic heterocycles. The van der Waals surface area contributed by atoms with Gasteiger partial charge < -0.3 is 10.4 Å². The Balaban J connectivity index is 1.90. The highest BCUT2D eigenvalue weighted by Crippen LogP contribution is 2.31. The number of hydrogen-bond donors (Lipinski definition) is 2. The highest BCUT2D eigenvalue weighted by Gasteiger charge is 2.16. The van der Waals surface area contributed by atoms with E-state index in [0.717, 1.165) is 14.6 Å². The van der Waals surface area contributed by atoms with E-state index in [0.29, 0.717) is 13.0 Å². The van der Waals surface area contributed by atoms with E-state index >= 15 is 0 Å². The number of thiazole rings is 1. The maximum atomic E-state index is 11.9. The van der Waals surface area contributed by atoms with Gasteiger partial charge in [0.25, 0.3) is 0 Å². The van der Waals surface area contributed by atoms with Crippen LogP contribution in [0.4, 0.5) is 0 Å². The number of hydrogen-bond acceptors (Lipinski definition) is 5. The molecular formula is C14H18N2O2S2. The minimum absolute atomic E-state index is 0.0186. The predicted molar refractivity (Wildman–Crippen MR) is 84.2 cm³/mol. The lowest BCUT2D eigenvalue weighted by molar-refractivity contribution is -0.120. The van der Waals surface area contributed by atoms with Crippen LogP contribution in [-0.2, 0) is 4.79 Å². The molecular weight excluding hydrogens is 292 g/mol. The fourth-order valence-corrected chi connectivity index (χ4v) is 3.89. The van der Waals surface area contributed by atoms with Crippen molar-refractivity contribution in [2.45, 2.75) is 36.0 Å². The third kappa shape index (κ3) is 4.19. The van der Waals surface area contributed by atoms with Crippen LogP contribution < -0.4 is 5.32 Å². The van der Waals surface area contributed by atoms with E-state index in [4.69, 9.17) is 5.11 Å². The molecule has 108 valence electrons. The maximum absolute atomic E-state index is 11.9. The van der Waals surface area contributed by atoms with Crippen molar-refractivity contribution >= 4 is 39.2 Å². The van der Waals surface area contributed by atoms with Crippen LogP contribution in [0.3, 0.4) is 0 Å². The molecule has 20 heavy (non-hydrogen) atoms. The molecule has 0 spiro atoms. The van der Waals surface area contributed by atoms with E-state index < -0.39 is 0 Å². The van der Waals surface area contributed by atoms with E-state index in [1.54, 1.807) is 18.3 Å². The Morgan fingerprint density at radius 1 is 1.45 bits per heavy atom. The van der Waals surface area contributed by atoms with Crippen molar-refractivity contribution in [1.29, 1.82) is 0 Å². The number of carbonyl (C=O) groups is 1. The summed E-state index contributed by atoms with van der Waals surface area (Å²) >= 11 is 3.07. The third-order valence-corrected chi connectivity index (χ3v) is 5.01. The average molecular weight is 310 g/mol. The van der Waals surface area contributed by atoms with Crippen molar-refractivity contribution in [3.8, 4) is 0 Å². The van der Waals surface area contributed by atoms with Crippen LogP contribution in [0.1, 0.15) is 20.3 Å². The van der Waals surface area contributed by atoms with Crippen LogP contribution in [0.5, 0.6) is 0 Å². The number of amides is 1. The van der Waals surface area contributed by atoms with Crippen molar-refractivity contribution < 1.29 is 9.90 Å². The van der Waals surface area contributed by atoms with Gasteiger partial charge in [-0.2, -0.15) is 0 Å². The molecule has 2 N–H and O–H groups in total. The first-order valence-electron chi connectivity index (χ1n) is 6.54. The molecule has 2 rings (SSSR count). The lowest BCUT2D eigenvalue weighted by atomic mass is 10.3. The molecule has 0 radical (unpaired) electrons. The molecule has 0 saturated carbocycles. The van der Waals surface area contributed by atoms with Gasteiger partial charge in [-0.25, -0.2) is 4.98 Å². The number of benzene rings is 1. The molecule has 4 nitrogen and oxygen atoms in total. The van der Waals surface area contributed by atoms with E-state index in [1.807, 2.05) is 31.2 Å². The molecule has 2 atom stereocenters. The van der Waals surface area contributed by atoms with Crippen LogP contribution in [0.15, 0.2) is 28.6 Å². The number of thioether (sulfide) groups is 1. The largest absolute Gasteiger partial charge is 0.393 e. The predicted octanol–water partition coefficient (Wildman–Crippen LogP) is 2.66. The first-order valence-corrected chi connectivity index (χ1v) is 8.24. The maximum Gasteiger partial charge on any atom is 0.233 e. The molecule has 0 aliphatic rings. The Morgan fingerprint density at radius 2 is 2.20 bits per heavy atom. The van der Waals surface area contributed by atoms with Crippen LogP contribution in [-0.4, -0.2) is 33.9 Å². The van der Waals surface area contributed by atoms with Crippen molar-refractivity contribution in [3.05, 3.63) is 24.3 Å². The molecule has 0 fully saturated rings. The summed E-state index contributed by atoms with van der Waals surface area (Å²) in [6, 6.07) is 7.96. The van der Waals surface area contributed by atoms with Crippen molar-refractivity contribution in [2.75, 3.05) is 6.54 Å². The van der Waals surface area contributed by atoms with Gasteiger partial charge in [0.05, 0.1) is 21.6 Å². The topological polar surface area (TPSA) is 62.2 Å². The summed E-state index contributed by atoms with van der Waals surface area (Å²) in [5.41, 5.74) is 0.974. The van der Waals surface area contributed by atoms with E-state index in [9.17, 15) is 4.79 Å². The second-order valence-corrected chi connectivity index (χ2v) is 7.25. The molecule has 6 heteroatoms. The summed E-state index contributed by atoms with van der Waals surface area (Å²) in [6.07, 6.45) is 0.187. The number of nitrogens with zero attached hydrogens (tertiary/aromatic N) is 1. The first-order chi connectivity index (χ1) is 9.56. The lowest BCUT2D eigenvalue weighted by Crippen LogP contribution is -2.32. The average Bonchev–Trinajstić information content (AvgIpc) is 2.80. The van der Waals surface area contributed by atoms with Gasteiger partial charge in [-0.15, -0.1) is 11.3 Å². The highest BCUT2D eigenvalue weighted by atomic mass is 32.2. The zero-order valence-corrected chi connectivity index (χ0v) is 13.1. The van der Waals surface area contributed by atoms with Crippen molar-refractivity contribution in [1.82, 2.24) is 10.3 Å². The smallest absolute Gasteiger partial charge is 0.233 e. The van der Waals surface area contributed by atoms with Gasteiger partial charge in [0.1, 0.15) is 0 Å². The third-order valence-electron chi connectivity index (χ3n) is 2.78. The van der Waals surface area contributed by atoms with Crippen LogP contribution >= 0.6 is 23.1 Å². The van der Waals surface area contributed by atoms with Crippen molar-refractivity contribution in [2.24, 2.45) is 0 Å². The van der Waals surface area contributed by atoms with Crippen molar-refractivity contribution in [3.63, 3.8) is 0 Å². The highest BCUT2D eigenvalue weighted by molar-refractivity contribution is 8.02. The Bertz CT molecular complexity index is 550. The molecule has 2 unspecified atom stereocenters. The molecule has 1 heterocycles. The molecule has 2 aromatic rings. The SMILES string of the molecule is CC(O)CCNC(=O)C(C)Sc1nc2ccccc2s1.